The highest BCUT2D eigenvalue weighted by Crippen LogP contribution is 2.18. The number of aromatic nitrogens is 1. The lowest BCUT2D eigenvalue weighted by atomic mass is 10.0. The van der Waals surface area contributed by atoms with Gasteiger partial charge in [0.15, 0.2) is 6.04 Å². The van der Waals surface area contributed by atoms with E-state index < -0.39 is 24.0 Å². The largest absolute Gasteiger partial charge is 0.464 e. The van der Waals surface area contributed by atoms with Gasteiger partial charge >= 0.3 is 5.97 Å². The molecule has 0 aliphatic carbocycles. The van der Waals surface area contributed by atoms with Gasteiger partial charge in [-0.3, -0.25) is 9.78 Å². The first-order valence-corrected chi connectivity index (χ1v) is 7.25. The zero-order valence-corrected chi connectivity index (χ0v) is 12.7. The minimum atomic E-state index is -1.22. The van der Waals surface area contributed by atoms with E-state index in [2.05, 4.69) is 10.3 Å². The fraction of sp³-hybridized carbons (Fsp3) is 0.235. The van der Waals surface area contributed by atoms with Crippen LogP contribution in [-0.4, -0.2) is 34.6 Å². The smallest absolute Gasteiger partial charge is 0.331 e. The number of amides is 1. The van der Waals surface area contributed by atoms with E-state index in [1.54, 1.807) is 49.4 Å². The van der Waals surface area contributed by atoms with Gasteiger partial charge in [-0.2, -0.15) is 0 Å². The maximum atomic E-state index is 12.2. The third kappa shape index (κ3) is 4.37. The fourth-order valence-corrected chi connectivity index (χ4v) is 2.05. The molecule has 6 heteroatoms. The zero-order valence-electron chi connectivity index (χ0n) is 12.7. The van der Waals surface area contributed by atoms with Crippen LogP contribution in [0.4, 0.5) is 0 Å². The zero-order chi connectivity index (χ0) is 16.7. The van der Waals surface area contributed by atoms with Crippen LogP contribution < -0.4 is 5.32 Å². The molecule has 1 aromatic carbocycles. The SMILES string of the molecule is CCOC(=O)C(NC(=O)c1ccccn1)C(O)c1ccccc1. The maximum absolute atomic E-state index is 12.2. The molecule has 23 heavy (non-hydrogen) atoms. The Hall–Kier alpha value is -2.73. The average Bonchev–Trinajstić information content (AvgIpc) is 2.60. The Morgan fingerprint density at radius 1 is 1.17 bits per heavy atom. The van der Waals surface area contributed by atoms with E-state index in [-0.39, 0.29) is 12.3 Å². The highest BCUT2D eigenvalue weighted by molar-refractivity contribution is 5.95. The van der Waals surface area contributed by atoms with Crippen molar-refractivity contribution in [2.75, 3.05) is 6.61 Å². The molecule has 2 aromatic rings. The van der Waals surface area contributed by atoms with Gasteiger partial charge in [-0.15, -0.1) is 0 Å². The van der Waals surface area contributed by atoms with E-state index in [0.29, 0.717) is 5.56 Å². The quantitative estimate of drug-likeness (QED) is 0.788. The summed E-state index contributed by atoms with van der Waals surface area (Å²) >= 11 is 0. The van der Waals surface area contributed by atoms with Crippen LogP contribution in [0.15, 0.2) is 54.7 Å². The van der Waals surface area contributed by atoms with Crippen LogP contribution in [0, 0.1) is 0 Å². The first-order valence-electron chi connectivity index (χ1n) is 7.25. The van der Waals surface area contributed by atoms with Gasteiger partial charge in [-0.1, -0.05) is 36.4 Å². The number of rotatable bonds is 6. The van der Waals surface area contributed by atoms with E-state index in [1.165, 1.54) is 12.3 Å². The summed E-state index contributed by atoms with van der Waals surface area (Å²) < 4.78 is 4.95. The molecule has 0 saturated carbocycles. The van der Waals surface area contributed by atoms with E-state index in [1.807, 2.05) is 0 Å². The van der Waals surface area contributed by atoms with Gasteiger partial charge in [-0.05, 0) is 24.6 Å². The molecule has 2 N–H and O–H groups in total. The minimum Gasteiger partial charge on any atom is -0.464 e. The average molecular weight is 314 g/mol. The Bertz CT molecular complexity index is 646. The molecule has 6 nitrogen and oxygen atoms in total. The molecule has 2 unspecified atom stereocenters. The second-order valence-corrected chi connectivity index (χ2v) is 4.77. The Morgan fingerprint density at radius 2 is 1.87 bits per heavy atom. The van der Waals surface area contributed by atoms with Crippen LogP contribution in [-0.2, 0) is 9.53 Å². The normalized spacial score (nSPS) is 13.0. The van der Waals surface area contributed by atoms with E-state index in [9.17, 15) is 14.7 Å². The Labute approximate surface area is 134 Å². The van der Waals surface area contributed by atoms with Crippen molar-refractivity contribution in [1.82, 2.24) is 10.3 Å². The monoisotopic (exact) mass is 314 g/mol. The number of benzene rings is 1. The standard InChI is InChI=1S/C17H18N2O4/c1-2-23-17(22)14(15(20)12-8-4-3-5-9-12)19-16(21)13-10-6-7-11-18-13/h3-11,14-15,20H,2H2,1H3,(H,19,21). The Morgan fingerprint density at radius 3 is 2.48 bits per heavy atom. The minimum absolute atomic E-state index is 0.149. The molecule has 0 saturated heterocycles. The number of aliphatic hydroxyl groups excluding tert-OH is 1. The summed E-state index contributed by atoms with van der Waals surface area (Å²) in [5, 5.41) is 12.9. The summed E-state index contributed by atoms with van der Waals surface area (Å²) in [5.41, 5.74) is 0.661. The van der Waals surface area contributed by atoms with Crippen LogP contribution in [0.5, 0.6) is 0 Å². The highest BCUT2D eigenvalue weighted by Gasteiger charge is 2.31. The van der Waals surface area contributed by atoms with Gasteiger partial charge < -0.3 is 15.2 Å². The second kappa shape index (κ2) is 8.05. The second-order valence-electron chi connectivity index (χ2n) is 4.77. The van der Waals surface area contributed by atoms with Crippen molar-refractivity contribution in [1.29, 1.82) is 0 Å². The van der Waals surface area contributed by atoms with Crippen molar-refractivity contribution in [2.45, 2.75) is 19.1 Å². The van der Waals surface area contributed by atoms with Gasteiger partial charge in [0.25, 0.3) is 5.91 Å². The Balaban J connectivity index is 2.21. The topological polar surface area (TPSA) is 88.5 Å². The third-order valence-electron chi connectivity index (χ3n) is 3.18. The first-order chi connectivity index (χ1) is 11.1. The third-order valence-corrected chi connectivity index (χ3v) is 3.18. The molecule has 0 aliphatic rings. The lowest BCUT2D eigenvalue weighted by molar-refractivity contribution is -0.148. The fourth-order valence-electron chi connectivity index (χ4n) is 2.05. The van der Waals surface area contributed by atoms with Gasteiger partial charge in [-0.25, -0.2) is 4.79 Å². The number of aliphatic hydroxyl groups is 1. The lowest BCUT2D eigenvalue weighted by Gasteiger charge is -2.22. The number of esters is 1. The van der Waals surface area contributed by atoms with E-state index >= 15 is 0 Å². The van der Waals surface area contributed by atoms with Crippen molar-refractivity contribution < 1.29 is 19.4 Å². The van der Waals surface area contributed by atoms with Gasteiger partial charge in [0.2, 0.25) is 0 Å². The summed E-state index contributed by atoms with van der Waals surface area (Å²) in [7, 11) is 0. The van der Waals surface area contributed by atoms with Crippen LogP contribution in [0.3, 0.4) is 0 Å². The Kier molecular flexibility index (Phi) is 5.82. The molecule has 1 heterocycles. The molecular weight excluding hydrogens is 296 g/mol. The van der Waals surface area contributed by atoms with E-state index in [0.717, 1.165) is 0 Å². The predicted molar refractivity (Wildman–Crippen MR) is 83.5 cm³/mol. The summed E-state index contributed by atoms with van der Waals surface area (Å²) in [4.78, 5) is 28.2. The molecule has 0 bridgehead atoms. The molecule has 2 atom stereocenters. The molecule has 2 rings (SSSR count). The van der Waals surface area contributed by atoms with Crippen LogP contribution >= 0.6 is 0 Å². The molecule has 120 valence electrons. The van der Waals surface area contributed by atoms with E-state index in [4.69, 9.17) is 4.74 Å². The number of nitrogens with zero attached hydrogens (tertiary/aromatic N) is 1. The summed E-state index contributed by atoms with van der Waals surface area (Å²) in [6.45, 7) is 1.81. The molecule has 0 fully saturated rings. The van der Waals surface area contributed by atoms with Crippen LogP contribution in [0.25, 0.3) is 0 Å². The van der Waals surface area contributed by atoms with Crippen molar-refractivity contribution in [3.8, 4) is 0 Å². The van der Waals surface area contributed by atoms with Crippen molar-refractivity contribution in [3.05, 3.63) is 66.0 Å². The molecule has 0 aliphatic heterocycles. The first kappa shape index (κ1) is 16.6. The molecular formula is C17H18N2O4. The number of nitrogens with one attached hydrogen (secondary N) is 1. The summed E-state index contributed by atoms with van der Waals surface area (Å²) in [6.07, 6.45) is 0.255. The molecule has 1 aromatic heterocycles. The van der Waals surface area contributed by atoms with Crippen molar-refractivity contribution in [2.24, 2.45) is 0 Å². The number of ether oxygens (including phenoxy) is 1. The van der Waals surface area contributed by atoms with Gasteiger partial charge in [0.1, 0.15) is 11.8 Å². The highest BCUT2D eigenvalue weighted by atomic mass is 16.5. The number of carbonyl (C=O) groups excluding carboxylic acids is 2. The van der Waals surface area contributed by atoms with Crippen molar-refractivity contribution >= 4 is 11.9 Å². The van der Waals surface area contributed by atoms with Gasteiger partial charge in [0.05, 0.1) is 6.61 Å². The van der Waals surface area contributed by atoms with Gasteiger partial charge in [0, 0.05) is 6.20 Å². The number of carbonyl (C=O) groups is 2. The number of pyridine rings is 1. The van der Waals surface area contributed by atoms with Crippen LogP contribution in [0.2, 0.25) is 0 Å². The molecule has 0 radical (unpaired) electrons. The summed E-state index contributed by atoms with van der Waals surface area (Å²) in [6, 6.07) is 12.3. The molecule has 1 amide bonds. The molecule has 0 spiro atoms. The maximum Gasteiger partial charge on any atom is 0.331 e. The van der Waals surface area contributed by atoms with Crippen molar-refractivity contribution in [3.63, 3.8) is 0 Å². The predicted octanol–water partition coefficient (Wildman–Crippen LogP) is 1.48. The lowest BCUT2D eigenvalue weighted by Crippen LogP contribution is -2.46. The summed E-state index contributed by atoms with van der Waals surface area (Å²) in [5.74, 6) is -1.26. The number of hydrogen-bond acceptors (Lipinski definition) is 5. The van der Waals surface area contributed by atoms with Crippen LogP contribution in [0.1, 0.15) is 29.1 Å². The number of hydrogen-bond donors (Lipinski definition) is 2.